The molecule has 2 fully saturated rings. The van der Waals surface area contributed by atoms with Gasteiger partial charge in [0.2, 0.25) is 0 Å². The molecule has 0 radical (unpaired) electrons. The summed E-state index contributed by atoms with van der Waals surface area (Å²) in [5, 5.41) is 10.6. The van der Waals surface area contributed by atoms with Crippen LogP contribution < -0.4 is 4.74 Å². The number of rotatable bonds is 3. The van der Waals surface area contributed by atoms with E-state index in [-0.39, 0.29) is 29.4 Å². The van der Waals surface area contributed by atoms with Crippen LogP contribution in [-0.2, 0) is 0 Å². The molecule has 0 spiro atoms. The van der Waals surface area contributed by atoms with E-state index in [2.05, 4.69) is 4.98 Å². The molecule has 154 valence electrons. The highest BCUT2D eigenvalue weighted by Crippen LogP contribution is 2.39. The molecule has 0 unspecified atom stereocenters. The second kappa shape index (κ2) is 7.75. The highest BCUT2D eigenvalue weighted by atomic mass is 19.1. The largest absolute Gasteiger partial charge is 0.486 e. The predicted octanol–water partition coefficient (Wildman–Crippen LogP) is 3.44. The number of pyridine rings is 1. The molecule has 2 heterocycles. The molecule has 2 aliphatic rings. The Morgan fingerprint density at radius 3 is 2.55 bits per heavy atom. The summed E-state index contributed by atoms with van der Waals surface area (Å²) >= 11 is 0. The Hall–Kier alpha value is -2.47. The molecule has 1 N–H and O–H groups in total. The SMILES string of the molecule is Cc1ccc(O[C@@H]2C[C@@H]3CN(C(=O)c4c(C)cccc4F)C[C@@H]3C[C@H]2O)c(C)n1. The Kier molecular flexibility index (Phi) is 5.30. The number of benzene rings is 1. The normalized spacial score (nSPS) is 26.3. The van der Waals surface area contributed by atoms with Crippen LogP contribution in [-0.4, -0.2) is 46.2 Å². The van der Waals surface area contributed by atoms with E-state index >= 15 is 0 Å². The molecule has 29 heavy (non-hydrogen) atoms. The van der Waals surface area contributed by atoms with E-state index in [1.165, 1.54) is 6.07 Å². The van der Waals surface area contributed by atoms with Crippen molar-refractivity contribution in [2.24, 2.45) is 11.8 Å². The van der Waals surface area contributed by atoms with Gasteiger partial charge in [0.25, 0.3) is 5.91 Å². The third-order valence-electron chi connectivity index (χ3n) is 6.26. The van der Waals surface area contributed by atoms with Crippen molar-refractivity contribution in [2.75, 3.05) is 13.1 Å². The zero-order chi connectivity index (χ0) is 20.7. The van der Waals surface area contributed by atoms with Crippen molar-refractivity contribution in [1.29, 1.82) is 0 Å². The standard InChI is InChI=1S/C23H27FN2O3/c1-13-5-4-6-18(24)22(13)23(28)26-11-16-9-19(27)21(10-17(16)12-26)29-20-8-7-14(2)25-15(20)3/h4-8,16-17,19,21,27H,9-12H2,1-3H3/t16-,17+,19+,21+/m0/s1. The number of amides is 1. The van der Waals surface area contributed by atoms with Crippen molar-refractivity contribution in [1.82, 2.24) is 9.88 Å². The maximum absolute atomic E-state index is 14.2. The fourth-order valence-electron chi connectivity index (χ4n) is 4.71. The van der Waals surface area contributed by atoms with Gasteiger partial charge in [-0.1, -0.05) is 12.1 Å². The van der Waals surface area contributed by atoms with Gasteiger partial charge in [-0.05, 0) is 69.2 Å². The van der Waals surface area contributed by atoms with Crippen molar-refractivity contribution < 1.29 is 19.0 Å². The van der Waals surface area contributed by atoms with E-state index in [9.17, 15) is 14.3 Å². The lowest BCUT2D eigenvalue weighted by Gasteiger charge is -2.35. The number of hydrogen-bond acceptors (Lipinski definition) is 4. The number of hydrogen-bond donors (Lipinski definition) is 1. The second-order valence-corrected chi connectivity index (χ2v) is 8.39. The third kappa shape index (κ3) is 3.86. The maximum Gasteiger partial charge on any atom is 0.257 e. The number of halogens is 1. The van der Waals surface area contributed by atoms with E-state index in [0.29, 0.717) is 37.2 Å². The fourth-order valence-corrected chi connectivity index (χ4v) is 4.71. The molecule has 5 nitrogen and oxygen atoms in total. The minimum atomic E-state index is -0.595. The second-order valence-electron chi connectivity index (χ2n) is 8.39. The van der Waals surface area contributed by atoms with Gasteiger partial charge in [0.1, 0.15) is 17.7 Å². The molecule has 2 aromatic rings. The summed E-state index contributed by atoms with van der Waals surface area (Å²) in [6.07, 6.45) is 0.319. The van der Waals surface area contributed by atoms with Crippen LogP contribution in [0, 0.1) is 38.4 Å². The lowest BCUT2D eigenvalue weighted by Crippen LogP contribution is -2.42. The lowest BCUT2D eigenvalue weighted by molar-refractivity contribution is -0.0236. The number of carbonyl (C=O) groups is 1. The van der Waals surface area contributed by atoms with Crippen LogP contribution in [0.15, 0.2) is 30.3 Å². The van der Waals surface area contributed by atoms with E-state index in [1.807, 2.05) is 26.0 Å². The summed E-state index contributed by atoms with van der Waals surface area (Å²) in [7, 11) is 0. The Labute approximate surface area is 170 Å². The zero-order valence-corrected chi connectivity index (χ0v) is 17.1. The monoisotopic (exact) mass is 398 g/mol. The Morgan fingerprint density at radius 2 is 1.86 bits per heavy atom. The number of carbonyl (C=O) groups excluding carboxylic acids is 1. The van der Waals surface area contributed by atoms with Gasteiger partial charge in [-0.25, -0.2) is 4.39 Å². The van der Waals surface area contributed by atoms with Gasteiger partial charge in [-0.3, -0.25) is 9.78 Å². The molecule has 1 aliphatic carbocycles. The number of aliphatic hydroxyl groups is 1. The van der Waals surface area contributed by atoms with E-state index in [0.717, 1.165) is 11.4 Å². The number of likely N-dealkylation sites (tertiary alicyclic amines) is 1. The van der Waals surface area contributed by atoms with Gasteiger partial charge in [-0.15, -0.1) is 0 Å². The molecule has 4 atom stereocenters. The Bertz CT molecular complexity index is 912. The first-order chi connectivity index (χ1) is 13.8. The number of ether oxygens (including phenoxy) is 1. The molecule has 1 aliphatic heterocycles. The number of fused-ring (bicyclic) bond motifs is 1. The molecular formula is C23H27FN2O3. The number of aromatic nitrogens is 1. The van der Waals surface area contributed by atoms with E-state index in [4.69, 9.17) is 4.74 Å². The van der Waals surface area contributed by atoms with Crippen LogP contribution in [0.4, 0.5) is 4.39 Å². The van der Waals surface area contributed by atoms with Crippen molar-refractivity contribution >= 4 is 5.91 Å². The summed E-state index contributed by atoms with van der Waals surface area (Å²) < 4.78 is 20.3. The summed E-state index contributed by atoms with van der Waals surface area (Å²) in [4.78, 5) is 19.1. The van der Waals surface area contributed by atoms with Crippen LogP contribution in [0.25, 0.3) is 0 Å². The molecule has 1 aromatic heterocycles. The summed E-state index contributed by atoms with van der Waals surface area (Å²) in [5.74, 6) is 0.385. The summed E-state index contributed by atoms with van der Waals surface area (Å²) in [6.45, 7) is 6.69. The fraction of sp³-hybridized carbons (Fsp3) is 0.478. The number of aliphatic hydroxyl groups excluding tert-OH is 1. The highest BCUT2D eigenvalue weighted by Gasteiger charge is 2.44. The first kappa shape index (κ1) is 19.8. The topological polar surface area (TPSA) is 62.7 Å². The molecule has 1 aromatic carbocycles. The van der Waals surface area contributed by atoms with E-state index < -0.39 is 11.9 Å². The van der Waals surface area contributed by atoms with Gasteiger partial charge < -0.3 is 14.7 Å². The molecule has 0 bridgehead atoms. The van der Waals surface area contributed by atoms with Crippen LogP contribution in [0.2, 0.25) is 0 Å². The van der Waals surface area contributed by atoms with Crippen LogP contribution in [0.3, 0.4) is 0 Å². The average molecular weight is 398 g/mol. The molecular weight excluding hydrogens is 371 g/mol. The first-order valence-corrected chi connectivity index (χ1v) is 10.2. The molecule has 1 saturated heterocycles. The molecule has 6 heteroatoms. The van der Waals surface area contributed by atoms with Gasteiger partial charge in [0.15, 0.2) is 0 Å². The van der Waals surface area contributed by atoms with Crippen LogP contribution in [0.1, 0.15) is 40.2 Å². The van der Waals surface area contributed by atoms with Gasteiger partial charge in [-0.2, -0.15) is 0 Å². The number of aryl methyl sites for hydroxylation is 3. The average Bonchev–Trinajstić information content (AvgIpc) is 3.06. The van der Waals surface area contributed by atoms with Gasteiger partial charge in [0.05, 0.1) is 17.4 Å². The minimum Gasteiger partial charge on any atom is -0.486 e. The van der Waals surface area contributed by atoms with Crippen molar-refractivity contribution in [3.8, 4) is 5.75 Å². The maximum atomic E-state index is 14.2. The predicted molar refractivity (Wildman–Crippen MR) is 107 cm³/mol. The lowest BCUT2D eigenvalue weighted by atomic mass is 9.78. The summed E-state index contributed by atoms with van der Waals surface area (Å²) in [6, 6.07) is 8.49. The summed E-state index contributed by atoms with van der Waals surface area (Å²) in [5.41, 5.74) is 2.53. The van der Waals surface area contributed by atoms with Gasteiger partial charge in [0, 0.05) is 18.8 Å². The van der Waals surface area contributed by atoms with Crippen molar-refractivity contribution in [3.05, 3.63) is 58.7 Å². The van der Waals surface area contributed by atoms with Crippen molar-refractivity contribution in [3.63, 3.8) is 0 Å². The Morgan fingerprint density at radius 1 is 1.14 bits per heavy atom. The van der Waals surface area contributed by atoms with E-state index in [1.54, 1.807) is 24.0 Å². The van der Waals surface area contributed by atoms with Crippen molar-refractivity contribution in [2.45, 2.75) is 45.8 Å². The molecule has 1 saturated carbocycles. The Balaban J connectivity index is 1.47. The first-order valence-electron chi connectivity index (χ1n) is 10.2. The zero-order valence-electron chi connectivity index (χ0n) is 17.1. The van der Waals surface area contributed by atoms with Crippen LogP contribution >= 0.6 is 0 Å². The quantitative estimate of drug-likeness (QED) is 0.860. The highest BCUT2D eigenvalue weighted by molar-refractivity contribution is 5.96. The van der Waals surface area contributed by atoms with Gasteiger partial charge >= 0.3 is 0 Å². The number of nitrogens with zero attached hydrogens (tertiary/aromatic N) is 2. The minimum absolute atomic E-state index is 0.154. The molecule has 1 amide bonds. The smallest absolute Gasteiger partial charge is 0.257 e. The molecule has 4 rings (SSSR count). The van der Waals surface area contributed by atoms with Crippen LogP contribution in [0.5, 0.6) is 5.75 Å². The third-order valence-corrected chi connectivity index (χ3v) is 6.26.